The SMILES string of the molecule is CCc1cccc(CC)c1NC(C)CN(Cc1ccccn1)CC(C)Nc1c(CC)cccc1CC. The van der Waals surface area contributed by atoms with Crippen LogP contribution in [0, 0.1) is 0 Å². The van der Waals surface area contributed by atoms with Crippen molar-refractivity contribution in [1.29, 1.82) is 0 Å². The molecule has 0 aliphatic rings. The molecule has 4 heteroatoms. The van der Waals surface area contributed by atoms with Crippen molar-refractivity contribution in [2.45, 2.75) is 85.9 Å². The summed E-state index contributed by atoms with van der Waals surface area (Å²) < 4.78 is 0. The van der Waals surface area contributed by atoms with Gasteiger partial charge in [-0.3, -0.25) is 9.88 Å². The molecule has 36 heavy (non-hydrogen) atoms. The predicted octanol–water partition coefficient (Wildman–Crippen LogP) is 7.13. The minimum Gasteiger partial charge on any atom is -0.381 e. The summed E-state index contributed by atoms with van der Waals surface area (Å²) in [6, 6.07) is 20.2. The Balaban J connectivity index is 1.77. The highest BCUT2D eigenvalue weighted by molar-refractivity contribution is 5.59. The Bertz CT molecular complexity index is 953. The highest BCUT2D eigenvalue weighted by Crippen LogP contribution is 2.25. The molecule has 3 aromatic rings. The third-order valence-electron chi connectivity index (χ3n) is 6.96. The lowest BCUT2D eigenvalue weighted by atomic mass is 10.0. The molecule has 0 aliphatic heterocycles. The Morgan fingerprint density at radius 1 is 0.639 bits per heavy atom. The largest absolute Gasteiger partial charge is 0.381 e. The third kappa shape index (κ3) is 7.57. The first kappa shape index (κ1) is 27.7. The van der Waals surface area contributed by atoms with Gasteiger partial charge in [0.05, 0.1) is 5.69 Å². The second-order valence-corrected chi connectivity index (χ2v) is 9.92. The number of benzene rings is 2. The lowest BCUT2D eigenvalue weighted by Gasteiger charge is -2.31. The smallest absolute Gasteiger partial charge is 0.0543 e. The predicted molar refractivity (Wildman–Crippen MR) is 156 cm³/mol. The van der Waals surface area contributed by atoms with E-state index in [0.717, 1.165) is 51.0 Å². The first-order valence-corrected chi connectivity index (χ1v) is 13.9. The number of para-hydroxylation sites is 2. The van der Waals surface area contributed by atoms with E-state index >= 15 is 0 Å². The number of aryl methyl sites for hydroxylation is 4. The van der Waals surface area contributed by atoms with Crippen LogP contribution >= 0.6 is 0 Å². The van der Waals surface area contributed by atoms with E-state index in [1.54, 1.807) is 0 Å². The monoisotopic (exact) mass is 486 g/mol. The number of rotatable bonds is 14. The molecule has 1 aromatic heterocycles. The Morgan fingerprint density at radius 2 is 1.08 bits per heavy atom. The normalized spacial score (nSPS) is 13.0. The highest BCUT2D eigenvalue weighted by Gasteiger charge is 2.18. The molecule has 194 valence electrons. The molecule has 2 atom stereocenters. The zero-order valence-corrected chi connectivity index (χ0v) is 23.3. The zero-order chi connectivity index (χ0) is 25.9. The molecule has 1 heterocycles. The van der Waals surface area contributed by atoms with Crippen LogP contribution in [-0.4, -0.2) is 35.1 Å². The van der Waals surface area contributed by atoms with Crippen LogP contribution in [0.2, 0.25) is 0 Å². The van der Waals surface area contributed by atoms with Crippen molar-refractivity contribution in [3.05, 3.63) is 88.7 Å². The number of aromatic nitrogens is 1. The fraction of sp³-hybridized carbons (Fsp3) is 0.469. The van der Waals surface area contributed by atoms with E-state index in [1.165, 1.54) is 33.6 Å². The van der Waals surface area contributed by atoms with Crippen molar-refractivity contribution in [3.8, 4) is 0 Å². The standard InChI is InChI=1S/C32H46N4/c1-7-26-15-13-16-27(8-2)31(26)34-24(5)21-36(23-30-19-11-12-20-33-30)22-25(6)35-32-28(9-3)17-14-18-29(32)10-4/h11-20,24-25,34-35H,7-10,21-23H2,1-6H3. The molecule has 3 rings (SSSR count). The van der Waals surface area contributed by atoms with Crippen molar-refractivity contribution in [2.75, 3.05) is 23.7 Å². The Hall–Kier alpha value is -2.85. The lowest BCUT2D eigenvalue weighted by molar-refractivity contribution is 0.247. The minimum atomic E-state index is 0.313. The summed E-state index contributed by atoms with van der Waals surface area (Å²) in [7, 11) is 0. The molecule has 0 saturated heterocycles. The molecule has 0 saturated carbocycles. The maximum Gasteiger partial charge on any atom is 0.0543 e. The van der Waals surface area contributed by atoms with E-state index in [4.69, 9.17) is 0 Å². The van der Waals surface area contributed by atoms with E-state index in [-0.39, 0.29) is 0 Å². The van der Waals surface area contributed by atoms with Gasteiger partial charge in [-0.05, 0) is 73.9 Å². The van der Waals surface area contributed by atoms with Crippen molar-refractivity contribution < 1.29 is 0 Å². The second-order valence-electron chi connectivity index (χ2n) is 9.92. The van der Waals surface area contributed by atoms with Gasteiger partial charge in [-0.2, -0.15) is 0 Å². The fourth-order valence-electron chi connectivity index (χ4n) is 5.14. The molecule has 4 nitrogen and oxygen atoms in total. The van der Waals surface area contributed by atoms with Crippen LogP contribution in [0.15, 0.2) is 60.8 Å². The fourth-order valence-corrected chi connectivity index (χ4v) is 5.14. The Kier molecular flexibility index (Phi) is 10.8. The van der Waals surface area contributed by atoms with E-state index in [0.29, 0.717) is 12.1 Å². The zero-order valence-electron chi connectivity index (χ0n) is 23.3. The highest BCUT2D eigenvalue weighted by atomic mass is 15.2. The first-order valence-electron chi connectivity index (χ1n) is 13.9. The number of nitrogens with zero attached hydrogens (tertiary/aromatic N) is 2. The van der Waals surface area contributed by atoms with Gasteiger partial charge in [0.15, 0.2) is 0 Å². The summed E-state index contributed by atoms with van der Waals surface area (Å²) in [5.41, 5.74) is 9.35. The van der Waals surface area contributed by atoms with Crippen LogP contribution in [0.25, 0.3) is 0 Å². The number of nitrogens with one attached hydrogen (secondary N) is 2. The van der Waals surface area contributed by atoms with E-state index in [1.807, 2.05) is 12.3 Å². The summed E-state index contributed by atoms with van der Waals surface area (Å²) in [4.78, 5) is 7.17. The molecule has 0 fully saturated rings. The molecule has 2 N–H and O–H groups in total. The number of pyridine rings is 1. The molecule has 2 aromatic carbocycles. The second kappa shape index (κ2) is 14.0. The molecule has 0 amide bonds. The van der Waals surface area contributed by atoms with Crippen LogP contribution in [0.4, 0.5) is 11.4 Å². The van der Waals surface area contributed by atoms with Gasteiger partial charge in [0, 0.05) is 49.3 Å². The molecule has 2 unspecified atom stereocenters. The summed E-state index contributed by atoms with van der Waals surface area (Å²) >= 11 is 0. The summed E-state index contributed by atoms with van der Waals surface area (Å²) in [5.74, 6) is 0. The molecule has 0 radical (unpaired) electrons. The maximum absolute atomic E-state index is 4.63. The average Bonchev–Trinajstić information content (AvgIpc) is 2.89. The number of anilines is 2. The summed E-state index contributed by atoms with van der Waals surface area (Å²) in [6.07, 6.45) is 6.05. The molecule has 0 spiro atoms. The van der Waals surface area contributed by atoms with Crippen LogP contribution < -0.4 is 10.6 Å². The van der Waals surface area contributed by atoms with Crippen molar-refractivity contribution in [3.63, 3.8) is 0 Å². The number of hydrogen-bond acceptors (Lipinski definition) is 4. The minimum absolute atomic E-state index is 0.313. The Morgan fingerprint density at radius 3 is 1.44 bits per heavy atom. The van der Waals surface area contributed by atoms with Gasteiger partial charge in [0.2, 0.25) is 0 Å². The van der Waals surface area contributed by atoms with Crippen LogP contribution in [-0.2, 0) is 32.2 Å². The van der Waals surface area contributed by atoms with Gasteiger partial charge < -0.3 is 10.6 Å². The molecular weight excluding hydrogens is 440 g/mol. The molecular formula is C32H46N4. The van der Waals surface area contributed by atoms with E-state index in [2.05, 4.69) is 111 Å². The Labute approximate surface area is 219 Å². The topological polar surface area (TPSA) is 40.2 Å². The van der Waals surface area contributed by atoms with Crippen molar-refractivity contribution >= 4 is 11.4 Å². The molecule has 0 bridgehead atoms. The maximum atomic E-state index is 4.63. The van der Waals surface area contributed by atoms with Gasteiger partial charge in [0.25, 0.3) is 0 Å². The van der Waals surface area contributed by atoms with Crippen LogP contribution in [0.3, 0.4) is 0 Å². The van der Waals surface area contributed by atoms with E-state index < -0.39 is 0 Å². The van der Waals surface area contributed by atoms with Gasteiger partial charge >= 0.3 is 0 Å². The van der Waals surface area contributed by atoms with E-state index in [9.17, 15) is 0 Å². The van der Waals surface area contributed by atoms with Crippen molar-refractivity contribution in [1.82, 2.24) is 9.88 Å². The van der Waals surface area contributed by atoms with Gasteiger partial charge in [-0.1, -0.05) is 70.2 Å². The third-order valence-corrected chi connectivity index (χ3v) is 6.96. The quantitative estimate of drug-likeness (QED) is 0.254. The summed E-state index contributed by atoms with van der Waals surface area (Å²) in [6.45, 7) is 16.3. The van der Waals surface area contributed by atoms with Crippen molar-refractivity contribution in [2.24, 2.45) is 0 Å². The van der Waals surface area contributed by atoms with Gasteiger partial charge in [-0.15, -0.1) is 0 Å². The van der Waals surface area contributed by atoms with Crippen LogP contribution in [0.5, 0.6) is 0 Å². The molecule has 0 aliphatic carbocycles. The lowest BCUT2D eigenvalue weighted by Crippen LogP contribution is -2.41. The van der Waals surface area contributed by atoms with Gasteiger partial charge in [-0.25, -0.2) is 0 Å². The van der Waals surface area contributed by atoms with Gasteiger partial charge in [0.1, 0.15) is 0 Å². The average molecular weight is 487 g/mol. The first-order chi connectivity index (χ1) is 17.5. The summed E-state index contributed by atoms with van der Waals surface area (Å²) in [5, 5.41) is 7.75. The number of hydrogen-bond donors (Lipinski definition) is 2. The van der Waals surface area contributed by atoms with Crippen LogP contribution in [0.1, 0.15) is 69.5 Å².